The van der Waals surface area contributed by atoms with Crippen molar-refractivity contribution in [3.8, 4) is 0 Å². The van der Waals surface area contributed by atoms with Gasteiger partial charge in [-0.2, -0.15) is 0 Å². The number of rotatable bonds is 4. The zero-order chi connectivity index (χ0) is 9.68. The molecule has 0 spiro atoms. The molecule has 1 aromatic rings. The van der Waals surface area contributed by atoms with Crippen molar-refractivity contribution in [3.63, 3.8) is 0 Å². The molecule has 0 heterocycles. The number of aliphatic hydroxyl groups is 1. The Balaban J connectivity index is 2.53. The van der Waals surface area contributed by atoms with Gasteiger partial charge in [0.15, 0.2) is 0 Å². The zero-order valence-electron chi connectivity index (χ0n) is 7.41. The summed E-state index contributed by atoms with van der Waals surface area (Å²) in [6, 6.07) is 7.98. The van der Waals surface area contributed by atoms with Gasteiger partial charge >= 0.3 is 0 Å². The van der Waals surface area contributed by atoms with Crippen LogP contribution in [0, 0.1) is 0 Å². The number of halogens is 1. The molecule has 0 radical (unpaired) electrons. The molecule has 0 fully saturated rings. The maximum absolute atomic E-state index is 9.49. The lowest BCUT2D eigenvalue weighted by Crippen LogP contribution is -2.08. The molecular formula is C11H13BrO. The number of aliphatic hydroxyl groups excluding tert-OH is 1. The molecule has 0 saturated heterocycles. The standard InChI is InChI=1S/C11H13BrO/c1-2-3-11(13)8-9-4-6-10(12)7-5-9/h2,4-7,11,13H,1,3,8H2. The summed E-state index contributed by atoms with van der Waals surface area (Å²) in [5, 5.41) is 9.49. The van der Waals surface area contributed by atoms with E-state index in [0.717, 1.165) is 10.0 Å². The third-order valence-corrected chi connectivity index (χ3v) is 2.35. The molecule has 0 saturated carbocycles. The molecule has 1 rings (SSSR count). The van der Waals surface area contributed by atoms with Crippen LogP contribution in [0.25, 0.3) is 0 Å². The second-order valence-corrected chi connectivity index (χ2v) is 3.92. The van der Waals surface area contributed by atoms with Gasteiger partial charge in [-0.3, -0.25) is 0 Å². The van der Waals surface area contributed by atoms with Crippen molar-refractivity contribution >= 4 is 15.9 Å². The molecule has 0 amide bonds. The first-order chi connectivity index (χ1) is 6.22. The van der Waals surface area contributed by atoms with E-state index in [4.69, 9.17) is 0 Å². The van der Waals surface area contributed by atoms with Crippen molar-refractivity contribution in [2.24, 2.45) is 0 Å². The second kappa shape index (κ2) is 5.20. The van der Waals surface area contributed by atoms with Gasteiger partial charge in [-0.05, 0) is 30.5 Å². The van der Waals surface area contributed by atoms with Gasteiger partial charge in [0.2, 0.25) is 0 Å². The van der Waals surface area contributed by atoms with Crippen molar-refractivity contribution in [2.75, 3.05) is 0 Å². The van der Waals surface area contributed by atoms with E-state index in [9.17, 15) is 5.11 Å². The van der Waals surface area contributed by atoms with Crippen molar-refractivity contribution < 1.29 is 5.11 Å². The zero-order valence-corrected chi connectivity index (χ0v) is 9.00. The second-order valence-electron chi connectivity index (χ2n) is 3.01. The van der Waals surface area contributed by atoms with Crippen LogP contribution in [-0.4, -0.2) is 11.2 Å². The molecule has 0 aliphatic carbocycles. The lowest BCUT2D eigenvalue weighted by molar-refractivity contribution is 0.178. The summed E-state index contributed by atoms with van der Waals surface area (Å²) in [4.78, 5) is 0. The molecule has 2 heteroatoms. The maximum atomic E-state index is 9.49. The highest BCUT2D eigenvalue weighted by Crippen LogP contribution is 2.12. The Hall–Kier alpha value is -0.600. The minimum absolute atomic E-state index is 0.307. The molecule has 1 atom stereocenters. The van der Waals surface area contributed by atoms with Gasteiger partial charge in [0, 0.05) is 4.47 Å². The molecule has 70 valence electrons. The van der Waals surface area contributed by atoms with Gasteiger partial charge in [-0.25, -0.2) is 0 Å². The monoisotopic (exact) mass is 240 g/mol. The minimum Gasteiger partial charge on any atom is -0.392 e. The minimum atomic E-state index is -0.307. The fraction of sp³-hybridized carbons (Fsp3) is 0.273. The summed E-state index contributed by atoms with van der Waals surface area (Å²) in [5.41, 5.74) is 1.15. The fourth-order valence-electron chi connectivity index (χ4n) is 1.17. The largest absolute Gasteiger partial charge is 0.392 e. The SMILES string of the molecule is C=CCC(O)Cc1ccc(Br)cc1. The number of hydrogen-bond acceptors (Lipinski definition) is 1. The predicted molar refractivity (Wildman–Crippen MR) is 58.7 cm³/mol. The summed E-state index contributed by atoms with van der Waals surface area (Å²) >= 11 is 3.36. The van der Waals surface area contributed by atoms with E-state index in [-0.39, 0.29) is 6.10 Å². The summed E-state index contributed by atoms with van der Waals surface area (Å²) in [6.07, 6.45) is 2.78. The Morgan fingerprint density at radius 1 is 1.38 bits per heavy atom. The van der Waals surface area contributed by atoms with Crippen molar-refractivity contribution in [2.45, 2.75) is 18.9 Å². The van der Waals surface area contributed by atoms with E-state index >= 15 is 0 Å². The third-order valence-electron chi connectivity index (χ3n) is 1.82. The van der Waals surface area contributed by atoms with Gasteiger partial charge in [-0.1, -0.05) is 34.1 Å². The first-order valence-corrected chi connectivity index (χ1v) is 5.05. The Kier molecular flexibility index (Phi) is 4.19. The highest BCUT2D eigenvalue weighted by atomic mass is 79.9. The molecule has 1 nitrogen and oxygen atoms in total. The van der Waals surface area contributed by atoms with Crippen LogP contribution in [0.1, 0.15) is 12.0 Å². The lowest BCUT2D eigenvalue weighted by Gasteiger charge is -2.07. The van der Waals surface area contributed by atoms with Crippen LogP contribution in [-0.2, 0) is 6.42 Å². The van der Waals surface area contributed by atoms with Crippen LogP contribution < -0.4 is 0 Å². The Morgan fingerprint density at radius 2 is 2.00 bits per heavy atom. The van der Waals surface area contributed by atoms with E-state index in [1.165, 1.54) is 0 Å². The van der Waals surface area contributed by atoms with Crippen LogP contribution in [0.3, 0.4) is 0 Å². The van der Waals surface area contributed by atoms with Crippen LogP contribution in [0.5, 0.6) is 0 Å². The maximum Gasteiger partial charge on any atom is 0.0614 e. The van der Waals surface area contributed by atoms with Crippen molar-refractivity contribution in [1.82, 2.24) is 0 Å². The molecule has 0 bridgehead atoms. The van der Waals surface area contributed by atoms with Gasteiger partial charge in [0.05, 0.1) is 6.10 Å². The van der Waals surface area contributed by atoms with Gasteiger partial charge < -0.3 is 5.11 Å². The molecule has 0 aliphatic heterocycles. The fourth-order valence-corrected chi connectivity index (χ4v) is 1.43. The average Bonchev–Trinajstić information content (AvgIpc) is 2.09. The first kappa shape index (κ1) is 10.5. The van der Waals surface area contributed by atoms with Crippen LogP contribution in [0.4, 0.5) is 0 Å². The normalized spacial score (nSPS) is 12.5. The molecule has 13 heavy (non-hydrogen) atoms. The Morgan fingerprint density at radius 3 is 2.54 bits per heavy atom. The topological polar surface area (TPSA) is 20.2 Å². The van der Waals surface area contributed by atoms with E-state index in [1.54, 1.807) is 6.08 Å². The van der Waals surface area contributed by atoms with E-state index in [1.807, 2.05) is 24.3 Å². The third kappa shape index (κ3) is 3.75. The van der Waals surface area contributed by atoms with Crippen LogP contribution in [0.2, 0.25) is 0 Å². The van der Waals surface area contributed by atoms with Crippen molar-refractivity contribution in [1.29, 1.82) is 0 Å². The molecule has 1 N–H and O–H groups in total. The van der Waals surface area contributed by atoms with Gasteiger partial charge in [-0.15, -0.1) is 6.58 Å². The lowest BCUT2D eigenvalue weighted by atomic mass is 10.1. The Labute approximate surface area is 87.2 Å². The van der Waals surface area contributed by atoms with E-state index < -0.39 is 0 Å². The summed E-state index contributed by atoms with van der Waals surface area (Å²) in [5.74, 6) is 0. The summed E-state index contributed by atoms with van der Waals surface area (Å²) in [6.45, 7) is 3.59. The Bertz CT molecular complexity index is 266. The van der Waals surface area contributed by atoms with E-state index in [2.05, 4.69) is 22.5 Å². The number of benzene rings is 1. The van der Waals surface area contributed by atoms with Gasteiger partial charge in [0.1, 0.15) is 0 Å². The first-order valence-electron chi connectivity index (χ1n) is 4.26. The molecule has 1 aromatic carbocycles. The quantitative estimate of drug-likeness (QED) is 0.803. The van der Waals surface area contributed by atoms with Gasteiger partial charge in [0.25, 0.3) is 0 Å². The molecule has 1 unspecified atom stereocenters. The molecular weight excluding hydrogens is 228 g/mol. The van der Waals surface area contributed by atoms with E-state index in [0.29, 0.717) is 12.8 Å². The molecule has 0 aromatic heterocycles. The van der Waals surface area contributed by atoms with Crippen molar-refractivity contribution in [3.05, 3.63) is 47.0 Å². The average molecular weight is 241 g/mol. The highest BCUT2D eigenvalue weighted by molar-refractivity contribution is 9.10. The van der Waals surface area contributed by atoms with Crippen LogP contribution in [0.15, 0.2) is 41.4 Å². The van der Waals surface area contributed by atoms with Crippen LogP contribution >= 0.6 is 15.9 Å². The smallest absolute Gasteiger partial charge is 0.0614 e. The predicted octanol–water partition coefficient (Wildman–Crippen LogP) is 2.93. The number of hydrogen-bond donors (Lipinski definition) is 1. The highest BCUT2D eigenvalue weighted by Gasteiger charge is 2.02. The molecule has 0 aliphatic rings. The summed E-state index contributed by atoms with van der Waals surface area (Å²) in [7, 11) is 0. The summed E-state index contributed by atoms with van der Waals surface area (Å²) < 4.78 is 1.06.